The topological polar surface area (TPSA) is 56.5 Å². The maximum atomic E-state index is 13.7. The summed E-state index contributed by atoms with van der Waals surface area (Å²) in [6, 6.07) is 19.0. The first-order chi connectivity index (χ1) is 14.8. The van der Waals surface area contributed by atoms with Crippen molar-refractivity contribution in [3.8, 4) is 6.07 Å². The molecule has 0 radical (unpaired) electrons. The van der Waals surface area contributed by atoms with Crippen molar-refractivity contribution in [2.75, 3.05) is 5.01 Å². The van der Waals surface area contributed by atoms with Gasteiger partial charge in [0.05, 0.1) is 23.9 Å². The Morgan fingerprint density at radius 3 is 2.32 bits per heavy atom. The molecule has 0 fully saturated rings. The van der Waals surface area contributed by atoms with Gasteiger partial charge in [-0.05, 0) is 41.8 Å². The van der Waals surface area contributed by atoms with Gasteiger partial charge in [-0.2, -0.15) is 10.4 Å². The largest absolute Gasteiger partial charge is 0.273 e. The number of benzene rings is 3. The van der Waals surface area contributed by atoms with E-state index in [1.165, 1.54) is 36.2 Å². The molecule has 4 nitrogen and oxygen atoms in total. The van der Waals surface area contributed by atoms with E-state index >= 15 is 0 Å². The normalized spacial score (nSPS) is 11.9. The van der Waals surface area contributed by atoms with E-state index in [4.69, 9.17) is 23.2 Å². The van der Waals surface area contributed by atoms with Gasteiger partial charge < -0.3 is 0 Å². The molecule has 31 heavy (non-hydrogen) atoms. The number of hydrazone groups is 1. The van der Waals surface area contributed by atoms with Crippen LogP contribution in [0.5, 0.6) is 0 Å². The lowest BCUT2D eigenvalue weighted by Gasteiger charge is -2.20. The Labute approximate surface area is 190 Å². The van der Waals surface area contributed by atoms with Crippen LogP contribution in [0.15, 0.2) is 65.8 Å². The van der Waals surface area contributed by atoms with Crippen LogP contribution in [0.1, 0.15) is 35.1 Å². The Morgan fingerprint density at radius 1 is 1.13 bits per heavy atom. The van der Waals surface area contributed by atoms with Gasteiger partial charge in [-0.3, -0.25) is 4.79 Å². The highest BCUT2D eigenvalue weighted by Gasteiger charge is 2.23. The fourth-order valence-electron chi connectivity index (χ4n) is 3.12. The first-order valence-electron chi connectivity index (χ1n) is 9.36. The Morgan fingerprint density at radius 2 is 1.77 bits per heavy atom. The summed E-state index contributed by atoms with van der Waals surface area (Å²) in [6.07, 6.45) is 1.55. The summed E-state index contributed by atoms with van der Waals surface area (Å²) < 4.78 is 13.7. The molecule has 3 aromatic carbocycles. The second kappa shape index (κ2) is 9.74. The van der Waals surface area contributed by atoms with Crippen LogP contribution in [0, 0.1) is 24.1 Å². The summed E-state index contributed by atoms with van der Waals surface area (Å²) in [5.74, 6) is -1.49. The van der Waals surface area contributed by atoms with E-state index in [9.17, 15) is 14.4 Å². The molecule has 0 saturated carbocycles. The number of aryl methyl sites for hydroxylation is 1. The molecule has 0 aliphatic carbocycles. The van der Waals surface area contributed by atoms with Crippen molar-refractivity contribution >= 4 is 41.0 Å². The number of hydrogen-bond donors (Lipinski definition) is 0. The SMILES string of the molecule is CC(=O)N(N=Cc1ccccc1)c1cc(Cl)c(C(C#N)c2ccc(F)c(C)c2)c(Cl)c1. The minimum atomic E-state index is -0.799. The lowest BCUT2D eigenvalue weighted by atomic mass is 9.91. The maximum Gasteiger partial charge on any atom is 0.244 e. The Bertz CT molecular complexity index is 1170. The van der Waals surface area contributed by atoms with Crippen molar-refractivity contribution in [2.24, 2.45) is 5.10 Å². The number of anilines is 1. The van der Waals surface area contributed by atoms with Crippen molar-refractivity contribution in [1.29, 1.82) is 5.26 Å². The molecule has 3 aromatic rings. The zero-order valence-corrected chi connectivity index (χ0v) is 18.3. The van der Waals surface area contributed by atoms with E-state index in [1.54, 1.807) is 19.2 Å². The van der Waals surface area contributed by atoms with Crippen LogP contribution >= 0.6 is 23.2 Å². The van der Waals surface area contributed by atoms with E-state index in [2.05, 4.69) is 11.2 Å². The van der Waals surface area contributed by atoms with Crippen LogP contribution in [-0.2, 0) is 4.79 Å². The number of carbonyl (C=O) groups excluding carboxylic acids is 1. The Kier molecular flexibility index (Phi) is 7.06. The van der Waals surface area contributed by atoms with E-state index < -0.39 is 5.92 Å². The molecule has 0 aliphatic heterocycles. The van der Waals surface area contributed by atoms with Gasteiger partial charge in [-0.25, -0.2) is 9.40 Å². The molecule has 156 valence electrons. The number of carbonyl (C=O) groups is 1. The zero-order valence-electron chi connectivity index (χ0n) is 16.8. The molecule has 0 N–H and O–H groups in total. The van der Waals surface area contributed by atoms with Crippen LogP contribution in [0.25, 0.3) is 0 Å². The summed E-state index contributed by atoms with van der Waals surface area (Å²) >= 11 is 13.0. The molecule has 0 aromatic heterocycles. The lowest BCUT2D eigenvalue weighted by molar-refractivity contribution is -0.116. The van der Waals surface area contributed by atoms with Crippen molar-refractivity contribution < 1.29 is 9.18 Å². The van der Waals surface area contributed by atoms with Crippen molar-refractivity contribution in [3.63, 3.8) is 0 Å². The average molecular weight is 454 g/mol. The third-order valence-corrected chi connectivity index (χ3v) is 5.29. The van der Waals surface area contributed by atoms with Crippen LogP contribution in [-0.4, -0.2) is 12.1 Å². The Balaban J connectivity index is 2.01. The molecule has 0 heterocycles. The van der Waals surface area contributed by atoms with E-state index in [0.717, 1.165) is 5.56 Å². The number of amides is 1. The molecule has 0 bridgehead atoms. The van der Waals surface area contributed by atoms with Gasteiger partial charge in [0.2, 0.25) is 5.91 Å². The van der Waals surface area contributed by atoms with Crippen molar-refractivity contribution in [1.82, 2.24) is 0 Å². The van der Waals surface area contributed by atoms with Gasteiger partial charge >= 0.3 is 0 Å². The Hall–Kier alpha value is -3.20. The molecule has 1 unspecified atom stereocenters. The summed E-state index contributed by atoms with van der Waals surface area (Å²) in [5, 5.41) is 15.6. The highest BCUT2D eigenvalue weighted by atomic mass is 35.5. The average Bonchev–Trinajstić information content (AvgIpc) is 2.73. The van der Waals surface area contributed by atoms with Crippen LogP contribution in [0.2, 0.25) is 10.0 Å². The van der Waals surface area contributed by atoms with Gasteiger partial charge in [-0.15, -0.1) is 0 Å². The number of nitrogens with zero attached hydrogens (tertiary/aromatic N) is 3. The van der Waals surface area contributed by atoms with Crippen molar-refractivity contribution in [2.45, 2.75) is 19.8 Å². The number of halogens is 3. The zero-order chi connectivity index (χ0) is 22.5. The van der Waals surface area contributed by atoms with Crippen LogP contribution in [0.4, 0.5) is 10.1 Å². The third-order valence-electron chi connectivity index (χ3n) is 4.66. The predicted octanol–water partition coefficient (Wildman–Crippen LogP) is 6.48. The van der Waals surface area contributed by atoms with Gasteiger partial charge in [0.15, 0.2) is 0 Å². The molecule has 0 aliphatic rings. The molecular formula is C24H18Cl2FN3O. The minimum absolute atomic E-state index is 0.206. The molecule has 3 rings (SSSR count). The first kappa shape index (κ1) is 22.5. The quantitative estimate of drug-likeness (QED) is 0.327. The fourth-order valence-corrected chi connectivity index (χ4v) is 3.81. The predicted molar refractivity (Wildman–Crippen MR) is 122 cm³/mol. The molecular weight excluding hydrogens is 436 g/mol. The highest BCUT2D eigenvalue weighted by molar-refractivity contribution is 6.36. The summed E-state index contributed by atoms with van der Waals surface area (Å²) in [6.45, 7) is 2.99. The van der Waals surface area contributed by atoms with Crippen LogP contribution < -0.4 is 5.01 Å². The molecule has 1 atom stereocenters. The highest BCUT2D eigenvalue weighted by Crippen LogP contribution is 2.39. The summed E-state index contributed by atoms with van der Waals surface area (Å²) in [4.78, 5) is 12.2. The van der Waals surface area contributed by atoms with E-state index in [-0.39, 0.29) is 21.8 Å². The van der Waals surface area contributed by atoms with Gasteiger partial charge in [0, 0.05) is 22.5 Å². The van der Waals surface area contributed by atoms with Gasteiger partial charge in [-0.1, -0.05) is 65.7 Å². The fraction of sp³-hybridized carbons (Fsp3) is 0.125. The maximum absolute atomic E-state index is 13.7. The van der Waals surface area contributed by atoms with E-state index in [1.807, 2.05) is 30.3 Å². The standard InChI is InChI=1S/C24H18Cl2FN3O/c1-15-10-18(8-9-23(15)27)20(13-28)24-21(25)11-19(12-22(24)26)30(16(2)31)29-14-17-6-4-3-5-7-17/h3-12,14,20H,1-2H3. The summed E-state index contributed by atoms with van der Waals surface area (Å²) in [7, 11) is 0. The number of hydrogen-bond acceptors (Lipinski definition) is 3. The lowest BCUT2D eigenvalue weighted by Crippen LogP contribution is -2.22. The number of nitriles is 1. The minimum Gasteiger partial charge on any atom is -0.273 e. The van der Waals surface area contributed by atoms with E-state index in [0.29, 0.717) is 22.4 Å². The van der Waals surface area contributed by atoms with Crippen molar-refractivity contribution in [3.05, 3.63) is 98.8 Å². The summed E-state index contributed by atoms with van der Waals surface area (Å²) in [5.41, 5.74) is 2.56. The van der Waals surface area contributed by atoms with Gasteiger partial charge in [0.1, 0.15) is 5.82 Å². The number of rotatable bonds is 5. The van der Waals surface area contributed by atoms with Gasteiger partial charge in [0.25, 0.3) is 0 Å². The van der Waals surface area contributed by atoms with Crippen LogP contribution in [0.3, 0.4) is 0 Å². The molecule has 1 amide bonds. The second-order valence-corrected chi connectivity index (χ2v) is 7.69. The molecule has 0 spiro atoms. The first-order valence-corrected chi connectivity index (χ1v) is 10.1. The molecule has 0 saturated heterocycles. The third kappa shape index (κ3) is 5.11. The monoisotopic (exact) mass is 453 g/mol. The second-order valence-electron chi connectivity index (χ2n) is 6.88. The molecule has 7 heteroatoms. The smallest absolute Gasteiger partial charge is 0.244 e.